The maximum Gasteiger partial charge on any atom is 0.227 e. The number of hydrogen-bond acceptors (Lipinski definition) is 2. The monoisotopic (exact) mass is 297 g/mol. The number of aromatic nitrogens is 1. The molecule has 0 aliphatic carbocycles. The molecular weight excluding hydrogens is 270 g/mol. The molecule has 0 saturated heterocycles. The molecule has 0 fully saturated rings. The first-order chi connectivity index (χ1) is 10.8. The molecule has 0 aliphatic rings. The van der Waals surface area contributed by atoms with Crippen molar-refractivity contribution in [1.82, 2.24) is 4.98 Å². The van der Waals surface area contributed by atoms with Crippen LogP contribution in [0.2, 0.25) is 0 Å². The third-order valence-electron chi connectivity index (χ3n) is 3.17. The van der Waals surface area contributed by atoms with Gasteiger partial charge in [0.15, 0.2) is 5.58 Å². The smallest absolute Gasteiger partial charge is 0.227 e. The Labute approximate surface area is 134 Å². The van der Waals surface area contributed by atoms with Gasteiger partial charge in [-0.2, -0.15) is 0 Å². The number of rotatable bonds is 2. The van der Waals surface area contributed by atoms with Gasteiger partial charge in [-0.25, -0.2) is 4.98 Å². The van der Waals surface area contributed by atoms with Gasteiger partial charge in [0.25, 0.3) is 0 Å². The second-order valence-electron chi connectivity index (χ2n) is 4.80. The summed E-state index contributed by atoms with van der Waals surface area (Å²) in [4.78, 5) is 4.48. The number of nitrogens with zero attached hydrogens (tertiary/aromatic N) is 1. The van der Waals surface area contributed by atoms with Gasteiger partial charge in [0.05, 0.1) is 0 Å². The van der Waals surface area contributed by atoms with E-state index in [1.165, 1.54) is 18.4 Å². The highest BCUT2D eigenvalue weighted by molar-refractivity contribution is 5.76. The van der Waals surface area contributed by atoms with Gasteiger partial charge in [-0.05, 0) is 30.7 Å². The largest absolute Gasteiger partial charge is 0.436 e. The lowest BCUT2D eigenvalue weighted by Gasteiger charge is -1.98. The van der Waals surface area contributed by atoms with Gasteiger partial charge in [-0.15, -0.1) is 0 Å². The normalized spacial score (nSPS) is 9.50. The molecule has 0 atom stereocenters. The maximum absolute atomic E-state index is 5.72. The van der Waals surface area contributed by atoms with Crippen LogP contribution in [-0.2, 0) is 0 Å². The van der Waals surface area contributed by atoms with Crippen molar-refractivity contribution in [2.75, 3.05) is 0 Å². The first-order valence-corrected chi connectivity index (χ1v) is 8.17. The van der Waals surface area contributed by atoms with Crippen LogP contribution in [0.25, 0.3) is 22.6 Å². The molecule has 0 bridgehead atoms. The number of aryl methyl sites for hydroxylation is 1. The lowest BCUT2D eigenvalue weighted by molar-refractivity contribution is 0.619. The van der Waals surface area contributed by atoms with E-state index in [9.17, 15) is 0 Å². The molecule has 2 heteroatoms. The fraction of sp³-hybridized carbons (Fsp3) is 0.350. The van der Waals surface area contributed by atoms with Crippen molar-refractivity contribution >= 4 is 11.1 Å². The zero-order valence-electron chi connectivity index (χ0n) is 14.4. The summed E-state index contributed by atoms with van der Waals surface area (Å²) in [5.41, 5.74) is 3.97. The van der Waals surface area contributed by atoms with Crippen LogP contribution in [0.3, 0.4) is 0 Å². The molecule has 0 spiro atoms. The molecule has 0 radical (unpaired) electrons. The summed E-state index contributed by atoms with van der Waals surface area (Å²) in [6.45, 7) is 10.4. The summed E-state index contributed by atoms with van der Waals surface area (Å²) in [6, 6.07) is 15.9. The third kappa shape index (κ3) is 4.73. The van der Waals surface area contributed by atoms with Crippen molar-refractivity contribution in [1.29, 1.82) is 0 Å². The van der Waals surface area contributed by atoms with Crippen LogP contribution in [0.4, 0.5) is 0 Å². The van der Waals surface area contributed by atoms with Crippen molar-refractivity contribution < 1.29 is 4.42 Å². The molecule has 2 aromatic carbocycles. The Morgan fingerprint density at radius 2 is 1.45 bits per heavy atom. The first-order valence-electron chi connectivity index (χ1n) is 8.17. The number of hydrogen-bond donors (Lipinski definition) is 0. The predicted octanol–water partition coefficient (Wildman–Crippen LogP) is 6.64. The molecule has 1 heterocycles. The van der Waals surface area contributed by atoms with Crippen LogP contribution < -0.4 is 0 Å². The zero-order chi connectivity index (χ0) is 16.4. The Morgan fingerprint density at radius 3 is 2.05 bits per heavy atom. The van der Waals surface area contributed by atoms with E-state index in [1.807, 2.05) is 56.3 Å². The Morgan fingerprint density at radius 1 is 0.864 bits per heavy atom. The van der Waals surface area contributed by atoms with Crippen molar-refractivity contribution in [3.05, 3.63) is 54.1 Å². The van der Waals surface area contributed by atoms with E-state index in [1.54, 1.807) is 0 Å². The summed E-state index contributed by atoms with van der Waals surface area (Å²) in [6.07, 6.45) is 2.64. The van der Waals surface area contributed by atoms with Gasteiger partial charge in [-0.3, -0.25) is 0 Å². The minimum absolute atomic E-state index is 0.694. The predicted molar refractivity (Wildman–Crippen MR) is 96.1 cm³/mol. The molecular formula is C20H27NO. The number of fused-ring (bicyclic) bond motifs is 1. The molecule has 22 heavy (non-hydrogen) atoms. The van der Waals surface area contributed by atoms with Crippen molar-refractivity contribution in [2.45, 2.75) is 47.5 Å². The highest BCUT2D eigenvalue weighted by Crippen LogP contribution is 2.26. The lowest BCUT2D eigenvalue weighted by atomic mass is 10.1. The SMILES string of the molecule is CC.CCCC.Cc1ccccc1-c1nc2ccccc2o1. The van der Waals surface area contributed by atoms with Crippen LogP contribution in [-0.4, -0.2) is 4.98 Å². The number of para-hydroxylation sites is 2. The van der Waals surface area contributed by atoms with Crippen LogP contribution >= 0.6 is 0 Å². The highest BCUT2D eigenvalue weighted by atomic mass is 16.3. The Bertz CT molecular complexity index is 635. The highest BCUT2D eigenvalue weighted by Gasteiger charge is 2.08. The van der Waals surface area contributed by atoms with Gasteiger partial charge in [0.1, 0.15) is 5.52 Å². The molecule has 0 amide bonds. The number of benzene rings is 2. The second-order valence-corrected chi connectivity index (χ2v) is 4.80. The standard InChI is InChI=1S/C14H11NO.C4H10.C2H6/c1-10-6-2-3-7-11(10)14-15-12-8-4-5-9-13(12)16-14;1-3-4-2;1-2/h2-9H,1H3;3-4H2,1-2H3;1-2H3. The molecule has 118 valence electrons. The molecule has 2 nitrogen and oxygen atoms in total. The Balaban J connectivity index is 0.000000354. The van der Waals surface area contributed by atoms with E-state index in [0.29, 0.717) is 5.89 Å². The number of oxazole rings is 1. The third-order valence-corrected chi connectivity index (χ3v) is 3.17. The molecule has 3 aromatic rings. The van der Waals surface area contributed by atoms with E-state index >= 15 is 0 Å². The first kappa shape index (κ1) is 18.0. The van der Waals surface area contributed by atoms with Crippen molar-refractivity contribution in [2.24, 2.45) is 0 Å². The van der Waals surface area contributed by atoms with Crippen molar-refractivity contribution in [3.8, 4) is 11.5 Å². The van der Waals surface area contributed by atoms with E-state index in [0.717, 1.165) is 16.7 Å². The van der Waals surface area contributed by atoms with Crippen molar-refractivity contribution in [3.63, 3.8) is 0 Å². The minimum Gasteiger partial charge on any atom is -0.436 e. The lowest BCUT2D eigenvalue weighted by Crippen LogP contribution is -1.81. The second kappa shape index (κ2) is 9.78. The Kier molecular flexibility index (Phi) is 7.98. The quantitative estimate of drug-likeness (QED) is 0.530. The van der Waals surface area contributed by atoms with E-state index in [4.69, 9.17) is 4.42 Å². The van der Waals surface area contributed by atoms with E-state index in [2.05, 4.69) is 31.8 Å². The molecule has 1 aromatic heterocycles. The number of unbranched alkanes of at least 4 members (excludes halogenated alkanes) is 1. The molecule has 0 aliphatic heterocycles. The zero-order valence-corrected chi connectivity index (χ0v) is 14.4. The topological polar surface area (TPSA) is 26.0 Å². The van der Waals surface area contributed by atoms with Crippen LogP contribution in [0, 0.1) is 6.92 Å². The van der Waals surface area contributed by atoms with Gasteiger partial charge < -0.3 is 4.42 Å². The fourth-order valence-electron chi connectivity index (χ4n) is 1.80. The van der Waals surface area contributed by atoms with Gasteiger partial charge >= 0.3 is 0 Å². The van der Waals surface area contributed by atoms with Gasteiger partial charge in [0, 0.05) is 5.56 Å². The average Bonchev–Trinajstić information content (AvgIpc) is 3.01. The van der Waals surface area contributed by atoms with Gasteiger partial charge in [0.2, 0.25) is 5.89 Å². The molecule has 0 unspecified atom stereocenters. The van der Waals surface area contributed by atoms with E-state index in [-0.39, 0.29) is 0 Å². The van der Waals surface area contributed by atoms with Crippen LogP contribution in [0.15, 0.2) is 52.9 Å². The Hall–Kier alpha value is -2.09. The minimum atomic E-state index is 0.694. The summed E-state index contributed by atoms with van der Waals surface area (Å²) in [5.74, 6) is 0.694. The molecule has 0 N–H and O–H groups in total. The molecule has 3 rings (SSSR count). The summed E-state index contributed by atoms with van der Waals surface area (Å²) in [5, 5.41) is 0. The molecule has 0 saturated carbocycles. The van der Waals surface area contributed by atoms with E-state index < -0.39 is 0 Å². The maximum atomic E-state index is 5.72. The summed E-state index contributed by atoms with van der Waals surface area (Å²) < 4.78 is 5.72. The fourth-order valence-corrected chi connectivity index (χ4v) is 1.80. The summed E-state index contributed by atoms with van der Waals surface area (Å²) in [7, 11) is 0. The van der Waals surface area contributed by atoms with Crippen LogP contribution in [0.5, 0.6) is 0 Å². The average molecular weight is 297 g/mol. The van der Waals surface area contributed by atoms with Crippen LogP contribution in [0.1, 0.15) is 46.1 Å². The van der Waals surface area contributed by atoms with Gasteiger partial charge in [-0.1, -0.05) is 70.9 Å². The summed E-state index contributed by atoms with van der Waals surface area (Å²) >= 11 is 0.